The Kier molecular flexibility index (Phi) is 4.05. The van der Waals surface area contributed by atoms with Crippen molar-refractivity contribution in [2.75, 3.05) is 0 Å². The SMILES string of the molecule is CC(=O)CCCC(=O)c1ccc2c(C)cccc2n1. The van der Waals surface area contributed by atoms with Gasteiger partial charge >= 0.3 is 0 Å². The summed E-state index contributed by atoms with van der Waals surface area (Å²) in [5, 5.41) is 1.07. The maximum Gasteiger partial charge on any atom is 0.181 e. The summed E-state index contributed by atoms with van der Waals surface area (Å²) in [4.78, 5) is 27.2. The van der Waals surface area contributed by atoms with Crippen molar-refractivity contribution in [3.8, 4) is 0 Å². The Morgan fingerprint density at radius 2 is 1.89 bits per heavy atom. The molecule has 1 aromatic heterocycles. The predicted molar refractivity (Wildman–Crippen MR) is 75.3 cm³/mol. The van der Waals surface area contributed by atoms with Crippen molar-refractivity contribution < 1.29 is 9.59 Å². The van der Waals surface area contributed by atoms with Crippen molar-refractivity contribution in [2.45, 2.75) is 33.1 Å². The first kappa shape index (κ1) is 13.4. The normalized spacial score (nSPS) is 10.6. The zero-order valence-corrected chi connectivity index (χ0v) is 11.3. The molecule has 0 saturated heterocycles. The number of ketones is 2. The molecule has 0 aliphatic rings. The highest BCUT2D eigenvalue weighted by molar-refractivity contribution is 5.97. The van der Waals surface area contributed by atoms with Gasteiger partial charge in [-0.05, 0) is 38.0 Å². The van der Waals surface area contributed by atoms with Gasteiger partial charge < -0.3 is 4.79 Å². The molecule has 0 aliphatic heterocycles. The average Bonchev–Trinajstić information content (AvgIpc) is 2.38. The smallest absolute Gasteiger partial charge is 0.181 e. The lowest BCUT2D eigenvalue weighted by Gasteiger charge is -2.04. The van der Waals surface area contributed by atoms with Gasteiger partial charge in [0.25, 0.3) is 0 Å². The number of fused-ring (bicyclic) bond motifs is 1. The molecular weight excluding hydrogens is 238 g/mol. The van der Waals surface area contributed by atoms with Crippen LogP contribution in [0.3, 0.4) is 0 Å². The maximum absolute atomic E-state index is 12.0. The van der Waals surface area contributed by atoms with E-state index in [4.69, 9.17) is 0 Å². The van der Waals surface area contributed by atoms with Crippen LogP contribution in [-0.4, -0.2) is 16.6 Å². The molecule has 0 atom stereocenters. The minimum Gasteiger partial charge on any atom is -0.300 e. The molecule has 0 aliphatic carbocycles. The first-order valence-corrected chi connectivity index (χ1v) is 6.47. The quantitative estimate of drug-likeness (QED) is 0.768. The van der Waals surface area contributed by atoms with E-state index in [1.165, 1.54) is 0 Å². The molecule has 2 aromatic rings. The van der Waals surface area contributed by atoms with E-state index in [1.807, 2.05) is 31.2 Å². The minimum atomic E-state index is 0.00431. The van der Waals surface area contributed by atoms with Crippen LogP contribution in [0.1, 0.15) is 42.2 Å². The molecule has 0 fully saturated rings. The molecule has 0 radical (unpaired) electrons. The monoisotopic (exact) mass is 255 g/mol. The number of carbonyl (C=O) groups excluding carboxylic acids is 2. The summed E-state index contributed by atoms with van der Waals surface area (Å²) in [5.74, 6) is 0.125. The second kappa shape index (κ2) is 5.74. The van der Waals surface area contributed by atoms with Crippen molar-refractivity contribution in [1.29, 1.82) is 0 Å². The minimum absolute atomic E-state index is 0.00431. The topological polar surface area (TPSA) is 47.0 Å². The fourth-order valence-corrected chi connectivity index (χ4v) is 2.09. The molecule has 0 amide bonds. The molecule has 0 N–H and O–H groups in total. The van der Waals surface area contributed by atoms with Crippen molar-refractivity contribution >= 4 is 22.5 Å². The Labute approximate surface area is 112 Å². The van der Waals surface area contributed by atoms with Crippen LogP contribution < -0.4 is 0 Å². The predicted octanol–water partition coefficient (Wildman–Crippen LogP) is 3.49. The molecule has 3 heteroatoms. The van der Waals surface area contributed by atoms with Gasteiger partial charge in [-0.15, -0.1) is 0 Å². The fourth-order valence-electron chi connectivity index (χ4n) is 2.09. The number of benzene rings is 1. The second-order valence-electron chi connectivity index (χ2n) is 4.82. The van der Waals surface area contributed by atoms with Crippen LogP contribution in [0.2, 0.25) is 0 Å². The third-order valence-electron chi connectivity index (χ3n) is 3.17. The number of carbonyl (C=O) groups is 2. The number of hydrogen-bond acceptors (Lipinski definition) is 3. The van der Waals surface area contributed by atoms with Gasteiger partial charge in [-0.2, -0.15) is 0 Å². The summed E-state index contributed by atoms with van der Waals surface area (Å²) in [5.41, 5.74) is 2.49. The molecule has 1 heterocycles. The lowest BCUT2D eigenvalue weighted by atomic mass is 10.1. The number of aromatic nitrogens is 1. The molecule has 0 spiro atoms. The zero-order valence-electron chi connectivity index (χ0n) is 11.3. The Morgan fingerprint density at radius 3 is 2.63 bits per heavy atom. The van der Waals surface area contributed by atoms with Crippen molar-refractivity contribution in [3.05, 3.63) is 41.6 Å². The Morgan fingerprint density at radius 1 is 1.11 bits per heavy atom. The highest BCUT2D eigenvalue weighted by Crippen LogP contribution is 2.17. The van der Waals surface area contributed by atoms with E-state index in [0.29, 0.717) is 25.0 Å². The standard InChI is InChI=1S/C16H17NO2/c1-11-5-3-7-14-13(11)9-10-15(17-14)16(19)8-4-6-12(2)18/h3,5,7,9-10H,4,6,8H2,1-2H3. The molecular formula is C16H17NO2. The van der Waals surface area contributed by atoms with Gasteiger partial charge in [-0.3, -0.25) is 4.79 Å². The van der Waals surface area contributed by atoms with Crippen LogP contribution in [-0.2, 0) is 4.79 Å². The first-order chi connectivity index (χ1) is 9.08. The van der Waals surface area contributed by atoms with Crippen LogP contribution in [0.25, 0.3) is 10.9 Å². The van der Waals surface area contributed by atoms with E-state index in [0.717, 1.165) is 16.5 Å². The third kappa shape index (κ3) is 3.25. The Balaban J connectivity index is 2.17. The molecule has 0 bridgehead atoms. The summed E-state index contributed by atoms with van der Waals surface area (Å²) >= 11 is 0. The molecule has 2 rings (SSSR count). The highest BCUT2D eigenvalue weighted by Gasteiger charge is 2.09. The second-order valence-corrected chi connectivity index (χ2v) is 4.82. The van der Waals surface area contributed by atoms with Gasteiger partial charge in [0.2, 0.25) is 0 Å². The number of pyridine rings is 1. The Bertz CT molecular complexity index is 632. The van der Waals surface area contributed by atoms with Crippen molar-refractivity contribution in [2.24, 2.45) is 0 Å². The molecule has 3 nitrogen and oxygen atoms in total. The zero-order chi connectivity index (χ0) is 13.8. The number of rotatable bonds is 5. The van der Waals surface area contributed by atoms with E-state index in [9.17, 15) is 9.59 Å². The third-order valence-corrected chi connectivity index (χ3v) is 3.17. The van der Waals surface area contributed by atoms with Gasteiger partial charge in [0.15, 0.2) is 5.78 Å². The average molecular weight is 255 g/mol. The summed E-state index contributed by atoms with van der Waals surface area (Å²) in [7, 11) is 0. The Hall–Kier alpha value is -2.03. The largest absolute Gasteiger partial charge is 0.300 e. The van der Waals surface area contributed by atoms with Gasteiger partial charge in [0.05, 0.1) is 5.52 Å². The molecule has 0 saturated carbocycles. The summed E-state index contributed by atoms with van der Waals surface area (Å²) < 4.78 is 0. The highest BCUT2D eigenvalue weighted by atomic mass is 16.1. The van der Waals surface area contributed by atoms with Gasteiger partial charge in [-0.25, -0.2) is 4.98 Å². The summed E-state index contributed by atoms with van der Waals surface area (Å²) in [6.45, 7) is 3.57. The van der Waals surface area contributed by atoms with Crippen LogP contribution >= 0.6 is 0 Å². The van der Waals surface area contributed by atoms with Crippen molar-refractivity contribution in [1.82, 2.24) is 4.98 Å². The maximum atomic E-state index is 12.0. The number of Topliss-reactive ketones (excluding diaryl/α,β-unsaturated/α-hetero) is 2. The van der Waals surface area contributed by atoms with Crippen LogP contribution in [0, 0.1) is 6.92 Å². The van der Waals surface area contributed by atoms with E-state index in [1.54, 1.807) is 13.0 Å². The number of hydrogen-bond donors (Lipinski definition) is 0. The lowest BCUT2D eigenvalue weighted by molar-refractivity contribution is -0.117. The molecule has 1 aromatic carbocycles. The lowest BCUT2D eigenvalue weighted by Crippen LogP contribution is -2.03. The van der Waals surface area contributed by atoms with Gasteiger partial charge in [-0.1, -0.05) is 18.2 Å². The summed E-state index contributed by atoms with van der Waals surface area (Å²) in [6.07, 6.45) is 1.43. The first-order valence-electron chi connectivity index (χ1n) is 6.47. The van der Waals surface area contributed by atoms with Crippen molar-refractivity contribution in [3.63, 3.8) is 0 Å². The molecule has 0 unspecified atom stereocenters. The number of nitrogens with zero attached hydrogens (tertiary/aromatic N) is 1. The fraction of sp³-hybridized carbons (Fsp3) is 0.312. The summed E-state index contributed by atoms with van der Waals surface area (Å²) in [6, 6.07) is 9.59. The van der Waals surface area contributed by atoms with E-state index >= 15 is 0 Å². The van der Waals surface area contributed by atoms with Crippen LogP contribution in [0.4, 0.5) is 0 Å². The van der Waals surface area contributed by atoms with E-state index in [-0.39, 0.29) is 11.6 Å². The van der Waals surface area contributed by atoms with Crippen LogP contribution in [0.15, 0.2) is 30.3 Å². The molecule has 98 valence electrons. The van der Waals surface area contributed by atoms with E-state index in [2.05, 4.69) is 4.98 Å². The van der Waals surface area contributed by atoms with Gasteiger partial charge in [0, 0.05) is 18.2 Å². The molecule has 19 heavy (non-hydrogen) atoms. The van der Waals surface area contributed by atoms with E-state index < -0.39 is 0 Å². The van der Waals surface area contributed by atoms with Gasteiger partial charge in [0.1, 0.15) is 11.5 Å². The number of aryl methyl sites for hydroxylation is 1. The van der Waals surface area contributed by atoms with Crippen LogP contribution in [0.5, 0.6) is 0 Å².